The topological polar surface area (TPSA) is 12.5 Å². The normalized spacial score (nSPS) is 10.3. The van der Waals surface area contributed by atoms with E-state index in [9.17, 15) is 0 Å². The van der Waals surface area contributed by atoms with E-state index in [1.54, 1.807) is 7.11 Å². The Balaban J connectivity index is 2.33. The molecule has 0 bridgehead atoms. The fourth-order valence-electron chi connectivity index (χ4n) is 1.77. The largest absolute Gasteiger partial charge is 0.497 e. The molecule has 0 radical (unpaired) electrons. The molecule has 0 aliphatic heterocycles. The van der Waals surface area contributed by atoms with E-state index in [1.807, 2.05) is 12.1 Å². The van der Waals surface area contributed by atoms with Crippen molar-refractivity contribution in [2.45, 2.75) is 25.7 Å². The highest BCUT2D eigenvalue weighted by Crippen LogP contribution is 2.20. The van der Waals surface area contributed by atoms with Gasteiger partial charge in [-0.3, -0.25) is 0 Å². The van der Waals surface area contributed by atoms with Crippen molar-refractivity contribution in [1.29, 1.82) is 0 Å². The molecule has 0 N–H and O–H groups in total. The maximum absolute atomic E-state index is 5.65. The predicted octanol–water partition coefficient (Wildman–Crippen LogP) is 3.93. The van der Waals surface area contributed by atoms with Crippen molar-refractivity contribution in [3.05, 3.63) is 24.3 Å². The SMILES string of the molecule is COc1cccc(N(C)CCCCCCCl)c1. The van der Waals surface area contributed by atoms with E-state index < -0.39 is 0 Å². The quantitative estimate of drug-likeness (QED) is 0.516. The summed E-state index contributed by atoms with van der Waals surface area (Å²) < 4.78 is 5.22. The van der Waals surface area contributed by atoms with Crippen LogP contribution in [0.1, 0.15) is 25.7 Å². The Labute approximate surface area is 110 Å². The molecule has 3 heteroatoms. The summed E-state index contributed by atoms with van der Waals surface area (Å²) in [5.41, 5.74) is 1.21. The first-order chi connectivity index (χ1) is 8.27. The maximum atomic E-state index is 5.65. The zero-order valence-electron chi connectivity index (χ0n) is 10.8. The molecular formula is C14H22ClNO. The number of halogens is 1. The van der Waals surface area contributed by atoms with Crippen molar-refractivity contribution in [3.8, 4) is 5.75 Å². The molecule has 1 aromatic carbocycles. The molecule has 2 nitrogen and oxygen atoms in total. The molecule has 17 heavy (non-hydrogen) atoms. The summed E-state index contributed by atoms with van der Waals surface area (Å²) in [7, 11) is 3.82. The standard InChI is InChI=1S/C14H22ClNO/c1-16(11-6-4-3-5-10-15)13-8-7-9-14(12-13)17-2/h7-9,12H,3-6,10-11H2,1-2H3. The number of rotatable bonds is 8. The van der Waals surface area contributed by atoms with Gasteiger partial charge in [0.1, 0.15) is 5.75 Å². The highest BCUT2D eigenvalue weighted by atomic mass is 35.5. The number of ether oxygens (including phenoxy) is 1. The summed E-state index contributed by atoms with van der Waals surface area (Å²) in [6.45, 7) is 1.08. The highest BCUT2D eigenvalue weighted by Gasteiger charge is 2.01. The Morgan fingerprint density at radius 2 is 1.94 bits per heavy atom. The Hall–Kier alpha value is -0.890. The summed E-state index contributed by atoms with van der Waals surface area (Å²) in [6.07, 6.45) is 4.82. The van der Waals surface area contributed by atoms with E-state index in [1.165, 1.54) is 24.9 Å². The zero-order chi connectivity index (χ0) is 12.5. The molecule has 0 aromatic heterocycles. The molecule has 0 aliphatic carbocycles. The van der Waals surface area contributed by atoms with Gasteiger partial charge in [-0.15, -0.1) is 11.6 Å². The first-order valence-corrected chi connectivity index (χ1v) is 6.72. The lowest BCUT2D eigenvalue weighted by molar-refractivity contribution is 0.415. The second kappa shape index (κ2) is 8.24. The van der Waals surface area contributed by atoms with Gasteiger partial charge in [0, 0.05) is 31.2 Å². The Morgan fingerprint density at radius 1 is 1.18 bits per heavy atom. The number of methoxy groups -OCH3 is 1. The summed E-state index contributed by atoms with van der Waals surface area (Å²) in [6, 6.07) is 8.18. The van der Waals surface area contributed by atoms with Gasteiger partial charge in [-0.05, 0) is 25.0 Å². The molecule has 96 valence electrons. The van der Waals surface area contributed by atoms with Crippen LogP contribution in [0.3, 0.4) is 0 Å². The third-order valence-corrected chi connectivity index (χ3v) is 3.14. The van der Waals surface area contributed by atoms with Crippen LogP contribution in [0.25, 0.3) is 0 Å². The van der Waals surface area contributed by atoms with Crippen LogP contribution in [0.2, 0.25) is 0 Å². The number of hydrogen-bond donors (Lipinski definition) is 0. The number of nitrogens with zero attached hydrogens (tertiary/aromatic N) is 1. The molecule has 1 rings (SSSR count). The molecule has 1 aromatic rings. The summed E-state index contributed by atoms with van der Waals surface area (Å²) >= 11 is 5.65. The van der Waals surface area contributed by atoms with Gasteiger partial charge in [0.2, 0.25) is 0 Å². The fraction of sp³-hybridized carbons (Fsp3) is 0.571. The molecule has 0 spiro atoms. The van der Waals surface area contributed by atoms with Crippen molar-refractivity contribution in [1.82, 2.24) is 0 Å². The monoisotopic (exact) mass is 255 g/mol. The smallest absolute Gasteiger partial charge is 0.120 e. The lowest BCUT2D eigenvalue weighted by Crippen LogP contribution is -2.18. The number of benzene rings is 1. The Kier molecular flexibility index (Phi) is 6.87. The van der Waals surface area contributed by atoms with Crippen LogP contribution in [-0.2, 0) is 0 Å². The number of anilines is 1. The molecule has 0 unspecified atom stereocenters. The number of unbranched alkanes of at least 4 members (excludes halogenated alkanes) is 3. The molecular weight excluding hydrogens is 234 g/mol. The third-order valence-electron chi connectivity index (χ3n) is 2.87. The van der Waals surface area contributed by atoms with Gasteiger partial charge < -0.3 is 9.64 Å². The fourth-order valence-corrected chi connectivity index (χ4v) is 1.96. The molecule has 0 fully saturated rings. The van der Waals surface area contributed by atoms with Crippen LogP contribution >= 0.6 is 11.6 Å². The van der Waals surface area contributed by atoms with Crippen LogP contribution in [0, 0.1) is 0 Å². The molecule has 0 saturated heterocycles. The van der Waals surface area contributed by atoms with Crippen LogP contribution in [0.4, 0.5) is 5.69 Å². The summed E-state index contributed by atoms with van der Waals surface area (Å²) in [5, 5.41) is 0. The maximum Gasteiger partial charge on any atom is 0.120 e. The zero-order valence-corrected chi connectivity index (χ0v) is 11.5. The van der Waals surface area contributed by atoms with Crippen molar-refractivity contribution >= 4 is 17.3 Å². The van der Waals surface area contributed by atoms with Crippen LogP contribution in [0.5, 0.6) is 5.75 Å². The number of alkyl halides is 1. The lowest BCUT2D eigenvalue weighted by Gasteiger charge is -2.19. The molecule has 0 heterocycles. The van der Waals surface area contributed by atoms with E-state index >= 15 is 0 Å². The van der Waals surface area contributed by atoms with E-state index in [0.717, 1.165) is 24.6 Å². The van der Waals surface area contributed by atoms with Crippen LogP contribution < -0.4 is 9.64 Å². The summed E-state index contributed by atoms with van der Waals surface area (Å²) in [5.74, 6) is 1.70. The Morgan fingerprint density at radius 3 is 2.65 bits per heavy atom. The van der Waals surface area contributed by atoms with Gasteiger partial charge in [0.05, 0.1) is 7.11 Å². The van der Waals surface area contributed by atoms with E-state index in [0.29, 0.717) is 0 Å². The third kappa shape index (κ3) is 5.31. The first-order valence-electron chi connectivity index (χ1n) is 6.19. The van der Waals surface area contributed by atoms with Crippen molar-refractivity contribution in [2.24, 2.45) is 0 Å². The van der Waals surface area contributed by atoms with Crippen molar-refractivity contribution in [3.63, 3.8) is 0 Å². The molecule has 0 amide bonds. The van der Waals surface area contributed by atoms with Crippen LogP contribution in [0.15, 0.2) is 24.3 Å². The minimum absolute atomic E-state index is 0.783. The first kappa shape index (κ1) is 14.2. The second-order valence-corrected chi connectivity index (χ2v) is 4.60. The van der Waals surface area contributed by atoms with Crippen molar-refractivity contribution in [2.75, 3.05) is 31.5 Å². The lowest BCUT2D eigenvalue weighted by atomic mass is 10.2. The minimum atomic E-state index is 0.783. The average Bonchev–Trinajstić information content (AvgIpc) is 2.38. The minimum Gasteiger partial charge on any atom is -0.497 e. The van der Waals surface area contributed by atoms with E-state index in [-0.39, 0.29) is 0 Å². The van der Waals surface area contributed by atoms with Gasteiger partial charge in [-0.2, -0.15) is 0 Å². The molecule has 0 atom stereocenters. The van der Waals surface area contributed by atoms with E-state index in [2.05, 4.69) is 24.1 Å². The Bertz CT molecular complexity index is 317. The predicted molar refractivity (Wildman–Crippen MR) is 75.5 cm³/mol. The van der Waals surface area contributed by atoms with Gasteiger partial charge in [0.15, 0.2) is 0 Å². The summed E-state index contributed by atoms with van der Waals surface area (Å²) in [4.78, 5) is 2.27. The molecule has 0 aliphatic rings. The van der Waals surface area contributed by atoms with Gasteiger partial charge in [-0.1, -0.05) is 18.9 Å². The highest BCUT2D eigenvalue weighted by molar-refractivity contribution is 6.17. The van der Waals surface area contributed by atoms with Gasteiger partial charge in [0.25, 0.3) is 0 Å². The van der Waals surface area contributed by atoms with Crippen molar-refractivity contribution < 1.29 is 4.74 Å². The van der Waals surface area contributed by atoms with Gasteiger partial charge in [-0.25, -0.2) is 0 Å². The van der Waals surface area contributed by atoms with E-state index in [4.69, 9.17) is 16.3 Å². The van der Waals surface area contributed by atoms with Gasteiger partial charge >= 0.3 is 0 Å². The second-order valence-electron chi connectivity index (χ2n) is 4.23. The number of hydrogen-bond acceptors (Lipinski definition) is 2. The van der Waals surface area contributed by atoms with Crippen LogP contribution in [-0.4, -0.2) is 26.6 Å². The average molecular weight is 256 g/mol. The molecule has 0 saturated carbocycles.